The summed E-state index contributed by atoms with van der Waals surface area (Å²) < 4.78 is 4.82. The predicted octanol–water partition coefficient (Wildman–Crippen LogP) is 0.930. The van der Waals surface area contributed by atoms with Gasteiger partial charge in [-0.25, -0.2) is 0 Å². The largest absolute Gasteiger partial charge is 0.466 e. The van der Waals surface area contributed by atoms with Crippen LogP contribution in [0.25, 0.3) is 0 Å². The maximum Gasteiger partial charge on any atom is 0.305 e. The Morgan fingerprint density at radius 1 is 1.33 bits per heavy atom. The summed E-state index contributed by atoms with van der Waals surface area (Å²) in [5.74, 6) is -0.00470. The molecule has 0 bridgehead atoms. The summed E-state index contributed by atoms with van der Waals surface area (Å²) in [6, 6.07) is 0.476. The zero-order chi connectivity index (χ0) is 13.4. The van der Waals surface area contributed by atoms with Gasteiger partial charge >= 0.3 is 5.97 Å². The number of hydrogen-bond donors (Lipinski definition) is 1. The van der Waals surface area contributed by atoms with E-state index in [1.165, 1.54) is 0 Å². The Balaban J connectivity index is 2.03. The van der Waals surface area contributed by atoms with Gasteiger partial charge in [0.25, 0.3) is 0 Å². The molecule has 18 heavy (non-hydrogen) atoms. The van der Waals surface area contributed by atoms with Crippen molar-refractivity contribution in [3.8, 4) is 0 Å². The second-order valence-corrected chi connectivity index (χ2v) is 4.50. The van der Waals surface area contributed by atoms with Crippen LogP contribution in [0.3, 0.4) is 0 Å². The molecule has 0 aromatic heterocycles. The molecule has 1 aliphatic carbocycles. The van der Waals surface area contributed by atoms with Crippen molar-refractivity contribution in [3.05, 3.63) is 0 Å². The van der Waals surface area contributed by atoms with Gasteiger partial charge < -0.3 is 15.0 Å². The average Bonchev–Trinajstić information content (AvgIpc) is 3.14. The van der Waals surface area contributed by atoms with E-state index in [1.54, 1.807) is 6.92 Å². The van der Waals surface area contributed by atoms with Gasteiger partial charge in [-0.1, -0.05) is 0 Å². The Morgan fingerprint density at radius 2 is 2.06 bits per heavy atom. The normalized spacial score (nSPS) is 14.3. The van der Waals surface area contributed by atoms with Gasteiger partial charge in [0.05, 0.1) is 13.2 Å². The first-order valence-corrected chi connectivity index (χ1v) is 6.84. The van der Waals surface area contributed by atoms with E-state index < -0.39 is 0 Å². The zero-order valence-corrected chi connectivity index (χ0v) is 11.4. The van der Waals surface area contributed by atoms with Crippen LogP contribution in [0.15, 0.2) is 0 Å². The lowest BCUT2D eigenvalue weighted by atomic mass is 10.3. The second-order valence-electron chi connectivity index (χ2n) is 4.50. The molecule has 104 valence electrons. The summed E-state index contributed by atoms with van der Waals surface area (Å²) >= 11 is 0. The highest BCUT2D eigenvalue weighted by molar-refractivity contribution is 5.78. The van der Waals surface area contributed by atoms with Gasteiger partial charge in [-0.3, -0.25) is 9.59 Å². The number of carbonyl (C=O) groups excluding carboxylic acids is 2. The van der Waals surface area contributed by atoms with Crippen molar-refractivity contribution >= 4 is 11.9 Å². The van der Waals surface area contributed by atoms with Crippen LogP contribution in [-0.2, 0) is 14.3 Å². The lowest BCUT2D eigenvalue weighted by Crippen LogP contribution is -2.39. The van der Waals surface area contributed by atoms with Crippen LogP contribution in [0.5, 0.6) is 0 Å². The lowest BCUT2D eigenvalue weighted by molar-refractivity contribution is -0.143. The van der Waals surface area contributed by atoms with Gasteiger partial charge in [-0.15, -0.1) is 0 Å². The summed E-state index contributed by atoms with van der Waals surface area (Å²) in [6.07, 6.45) is 3.40. The van der Waals surface area contributed by atoms with Gasteiger partial charge in [-0.2, -0.15) is 0 Å². The third-order valence-electron chi connectivity index (χ3n) is 2.96. The van der Waals surface area contributed by atoms with Crippen LogP contribution in [0.2, 0.25) is 0 Å². The van der Waals surface area contributed by atoms with Crippen molar-refractivity contribution in [2.45, 2.75) is 45.6 Å². The van der Waals surface area contributed by atoms with Crippen LogP contribution in [0.4, 0.5) is 0 Å². The number of carbonyl (C=O) groups is 2. The predicted molar refractivity (Wildman–Crippen MR) is 69.1 cm³/mol. The van der Waals surface area contributed by atoms with E-state index in [0.717, 1.165) is 19.4 Å². The van der Waals surface area contributed by atoms with E-state index in [1.807, 2.05) is 11.8 Å². The van der Waals surface area contributed by atoms with Crippen molar-refractivity contribution < 1.29 is 14.3 Å². The molecule has 0 saturated heterocycles. The minimum Gasteiger partial charge on any atom is -0.466 e. The highest BCUT2D eigenvalue weighted by Gasteiger charge is 2.30. The number of nitrogens with one attached hydrogen (secondary N) is 1. The molecular formula is C13H24N2O3. The average molecular weight is 256 g/mol. The lowest BCUT2D eigenvalue weighted by Gasteiger charge is -2.20. The Labute approximate surface area is 109 Å². The molecule has 5 heteroatoms. The van der Waals surface area contributed by atoms with Gasteiger partial charge in [0.15, 0.2) is 0 Å². The van der Waals surface area contributed by atoms with Crippen molar-refractivity contribution in [2.24, 2.45) is 0 Å². The van der Waals surface area contributed by atoms with E-state index in [9.17, 15) is 9.59 Å². The second kappa shape index (κ2) is 8.08. The fourth-order valence-electron chi connectivity index (χ4n) is 1.91. The molecule has 1 N–H and O–H groups in total. The molecule has 1 rings (SSSR count). The first-order valence-electron chi connectivity index (χ1n) is 6.84. The van der Waals surface area contributed by atoms with E-state index in [0.29, 0.717) is 38.6 Å². The fraction of sp³-hybridized carbons (Fsp3) is 0.846. The minimum atomic E-state index is -0.168. The Morgan fingerprint density at radius 3 is 2.61 bits per heavy atom. The number of hydrogen-bond acceptors (Lipinski definition) is 4. The molecule has 0 radical (unpaired) electrons. The van der Waals surface area contributed by atoms with Crippen molar-refractivity contribution in [3.63, 3.8) is 0 Å². The third kappa shape index (κ3) is 5.49. The van der Waals surface area contributed by atoms with E-state index in [-0.39, 0.29) is 11.9 Å². The molecule has 1 fully saturated rings. The van der Waals surface area contributed by atoms with Crippen LogP contribution < -0.4 is 5.32 Å². The molecular weight excluding hydrogens is 232 g/mol. The molecule has 0 spiro atoms. The summed E-state index contributed by atoms with van der Waals surface area (Å²) in [5, 5.41) is 3.08. The van der Waals surface area contributed by atoms with Crippen molar-refractivity contribution in [1.82, 2.24) is 10.2 Å². The topological polar surface area (TPSA) is 58.6 Å². The van der Waals surface area contributed by atoms with Gasteiger partial charge in [-0.05, 0) is 39.7 Å². The fourth-order valence-corrected chi connectivity index (χ4v) is 1.91. The molecule has 1 saturated carbocycles. The minimum absolute atomic E-state index is 0.163. The van der Waals surface area contributed by atoms with Crippen LogP contribution in [0, 0.1) is 0 Å². The number of rotatable bonds is 9. The van der Waals surface area contributed by atoms with Crippen molar-refractivity contribution in [1.29, 1.82) is 0 Å². The summed E-state index contributed by atoms with van der Waals surface area (Å²) in [5.41, 5.74) is 0. The summed E-state index contributed by atoms with van der Waals surface area (Å²) in [6.45, 7) is 6.06. The van der Waals surface area contributed by atoms with Crippen LogP contribution in [0.1, 0.15) is 39.5 Å². The van der Waals surface area contributed by atoms with E-state index >= 15 is 0 Å². The molecule has 5 nitrogen and oxygen atoms in total. The Kier molecular flexibility index (Phi) is 6.72. The molecule has 0 aromatic rings. The Bertz CT molecular complexity index is 277. The van der Waals surface area contributed by atoms with Crippen LogP contribution in [-0.4, -0.2) is 49.1 Å². The zero-order valence-electron chi connectivity index (χ0n) is 11.4. The molecule has 0 aliphatic heterocycles. The smallest absolute Gasteiger partial charge is 0.305 e. The molecule has 0 atom stereocenters. The monoisotopic (exact) mass is 256 g/mol. The van der Waals surface area contributed by atoms with Gasteiger partial charge in [0.1, 0.15) is 0 Å². The highest BCUT2D eigenvalue weighted by atomic mass is 16.5. The first-order chi connectivity index (χ1) is 8.69. The number of esters is 1. The van der Waals surface area contributed by atoms with E-state index in [4.69, 9.17) is 4.74 Å². The summed E-state index contributed by atoms with van der Waals surface area (Å²) in [7, 11) is 0. The molecule has 0 heterocycles. The van der Waals surface area contributed by atoms with Crippen LogP contribution >= 0.6 is 0 Å². The van der Waals surface area contributed by atoms with Crippen molar-refractivity contribution in [2.75, 3.05) is 26.2 Å². The SMILES string of the molecule is CCOC(=O)CCCNCC(=O)N(CC)C1CC1. The summed E-state index contributed by atoms with van der Waals surface area (Å²) in [4.78, 5) is 24.8. The highest BCUT2D eigenvalue weighted by Crippen LogP contribution is 2.26. The molecule has 1 aliphatic rings. The first kappa shape index (κ1) is 15.0. The number of amides is 1. The number of nitrogens with zero attached hydrogens (tertiary/aromatic N) is 1. The van der Waals surface area contributed by atoms with Gasteiger partial charge in [0.2, 0.25) is 5.91 Å². The number of ether oxygens (including phenoxy) is 1. The van der Waals surface area contributed by atoms with Gasteiger partial charge in [0, 0.05) is 19.0 Å². The standard InChI is InChI=1S/C13H24N2O3/c1-3-15(11-7-8-11)12(16)10-14-9-5-6-13(17)18-4-2/h11,14H,3-10H2,1-2H3. The third-order valence-corrected chi connectivity index (χ3v) is 2.96. The quantitative estimate of drug-likeness (QED) is 0.492. The maximum atomic E-state index is 11.8. The molecule has 1 amide bonds. The number of likely N-dealkylation sites (N-methyl/N-ethyl adjacent to an activating group) is 1. The Hall–Kier alpha value is -1.10. The molecule has 0 unspecified atom stereocenters. The molecule has 0 aromatic carbocycles. The maximum absolute atomic E-state index is 11.8. The van der Waals surface area contributed by atoms with E-state index in [2.05, 4.69) is 5.32 Å².